The summed E-state index contributed by atoms with van der Waals surface area (Å²) in [5, 5.41) is 3.04. The minimum Gasteiger partial charge on any atom is -0.351 e. The van der Waals surface area contributed by atoms with Crippen molar-refractivity contribution in [2.45, 2.75) is 51.9 Å². The maximum absolute atomic E-state index is 11.9. The van der Waals surface area contributed by atoms with E-state index in [2.05, 4.69) is 36.2 Å². The van der Waals surface area contributed by atoms with E-state index in [1.165, 1.54) is 44.3 Å². The van der Waals surface area contributed by atoms with Crippen LogP contribution < -0.4 is 5.32 Å². The van der Waals surface area contributed by atoms with E-state index in [1.54, 1.807) is 0 Å². The summed E-state index contributed by atoms with van der Waals surface area (Å²) < 4.78 is 0. The molecule has 0 spiro atoms. The van der Waals surface area contributed by atoms with E-state index in [9.17, 15) is 4.79 Å². The third-order valence-corrected chi connectivity index (χ3v) is 4.60. The number of nitrogens with zero attached hydrogens (tertiary/aromatic N) is 1. The number of hydrogen-bond donors (Lipinski definition) is 1. The molecule has 0 aromatic heterocycles. The van der Waals surface area contributed by atoms with E-state index in [4.69, 9.17) is 0 Å². The maximum Gasteiger partial charge on any atom is 0.251 e. The Bertz CT molecular complexity index is 464. The zero-order valence-electron chi connectivity index (χ0n) is 14.1. The molecule has 1 amide bonds. The monoisotopic (exact) mass is 302 g/mol. The highest BCUT2D eigenvalue weighted by Crippen LogP contribution is 2.26. The predicted octanol–water partition coefficient (Wildman–Crippen LogP) is 3.81. The molecule has 3 nitrogen and oxygen atoms in total. The van der Waals surface area contributed by atoms with E-state index in [-0.39, 0.29) is 5.91 Å². The number of hydrogen-bond acceptors (Lipinski definition) is 2. The summed E-state index contributed by atoms with van der Waals surface area (Å²) in [5.74, 6) is 0.542. The first-order valence-corrected chi connectivity index (χ1v) is 8.85. The second-order valence-electron chi connectivity index (χ2n) is 6.33. The average molecular weight is 302 g/mol. The first kappa shape index (κ1) is 17.0. The quantitative estimate of drug-likeness (QED) is 0.752. The van der Waals surface area contributed by atoms with Gasteiger partial charge in [-0.25, -0.2) is 0 Å². The van der Waals surface area contributed by atoms with Gasteiger partial charge in [-0.15, -0.1) is 0 Å². The highest BCUT2D eigenvalue weighted by atomic mass is 16.1. The molecule has 1 unspecified atom stereocenters. The van der Waals surface area contributed by atoms with E-state index in [1.807, 2.05) is 12.1 Å². The van der Waals surface area contributed by atoms with Crippen LogP contribution in [0.5, 0.6) is 0 Å². The molecule has 2 rings (SSSR count). The van der Waals surface area contributed by atoms with E-state index in [0.29, 0.717) is 5.92 Å². The van der Waals surface area contributed by atoms with Gasteiger partial charge in [0.2, 0.25) is 0 Å². The fourth-order valence-electron chi connectivity index (χ4n) is 3.18. The van der Waals surface area contributed by atoms with Gasteiger partial charge in [0.15, 0.2) is 0 Å². The molecule has 22 heavy (non-hydrogen) atoms. The van der Waals surface area contributed by atoms with Crippen LogP contribution in [0.1, 0.15) is 67.8 Å². The molecule has 0 fully saturated rings. The summed E-state index contributed by atoms with van der Waals surface area (Å²) in [6, 6.07) is 8.08. The summed E-state index contributed by atoms with van der Waals surface area (Å²) in [6.45, 7) is 8.84. The van der Waals surface area contributed by atoms with Crippen molar-refractivity contribution < 1.29 is 4.79 Å². The molecule has 0 bridgehead atoms. The van der Waals surface area contributed by atoms with Crippen LogP contribution >= 0.6 is 0 Å². The third-order valence-electron chi connectivity index (χ3n) is 4.60. The number of benzene rings is 1. The molecular formula is C19H30N2O. The predicted molar refractivity (Wildman–Crippen MR) is 92.4 cm³/mol. The van der Waals surface area contributed by atoms with E-state index >= 15 is 0 Å². The van der Waals surface area contributed by atoms with Crippen molar-refractivity contribution in [1.82, 2.24) is 10.2 Å². The maximum atomic E-state index is 11.9. The molecule has 1 aromatic rings. The Labute approximate surface area is 135 Å². The summed E-state index contributed by atoms with van der Waals surface area (Å²) in [5.41, 5.74) is 2.10. The molecule has 0 radical (unpaired) electrons. The molecule has 0 saturated carbocycles. The van der Waals surface area contributed by atoms with Crippen LogP contribution in [0.2, 0.25) is 0 Å². The van der Waals surface area contributed by atoms with Crippen molar-refractivity contribution in [3.05, 3.63) is 35.4 Å². The Hall–Kier alpha value is -1.35. The number of fused-ring (bicyclic) bond motifs is 1. The summed E-state index contributed by atoms with van der Waals surface area (Å²) in [7, 11) is 0. The van der Waals surface area contributed by atoms with Gasteiger partial charge in [-0.3, -0.25) is 4.79 Å². The number of nitrogens with one attached hydrogen (secondary N) is 1. The van der Waals surface area contributed by atoms with Crippen molar-refractivity contribution in [2.24, 2.45) is 0 Å². The van der Waals surface area contributed by atoms with Crippen molar-refractivity contribution in [3.8, 4) is 0 Å². The molecule has 1 aliphatic heterocycles. The van der Waals surface area contributed by atoms with Crippen LogP contribution in [-0.2, 0) is 0 Å². The highest BCUT2D eigenvalue weighted by Gasteiger charge is 2.24. The Morgan fingerprint density at radius 3 is 2.45 bits per heavy atom. The lowest BCUT2D eigenvalue weighted by Crippen LogP contribution is -2.37. The average Bonchev–Trinajstić information content (AvgIpc) is 2.56. The molecule has 122 valence electrons. The number of rotatable bonds is 9. The van der Waals surface area contributed by atoms with Crippen LogP contribution in [0.4, 0.5) is 0 Å². The largest absolute Gasteiger partial charge is 0.351 e. The van der Waals surface area contributed by atoms with Gasteiger partial charge in [0.05, 0.1) is 0 Å². The normalized spacial score (nSPS) is 17.4. The van der Waals surface area contributed by atoms with Gasteiger partial charge in [-0.05, 0) is 50.5 Å². The smallest absolute Gasteiger partial charge is 0.251 e. The second kappa shape index (κ2) is 8.94. The molecule has 1 N–H and O–H groups in total. The minimum atomic E-state index is 0.0840. The summed E-state index contributed by atoms with van der Waals surface area (Å²) >= 11 is 0. The van der Waals surface area contributed by atoms with Crippen molar-refractivity contribution in [1.29, 1.82) is 0 Å². The van der Waals surface area contributed by atoms with E-state index in [0.717, 1.165) is 25.1 Å². The second-order valence-corrected chi connectivity index (χ2v) is 6.33. The zero-order valence-corrected chi connectivity index (χ0v) is 14.1. The molecular weight excluding hydrogens is 272 g/mol. The summed E-state index contributed by atoms with van der Waals surface area (Å²) in [6.07, 6.45) is 6.20. The Morgan fingerprint density at radius 1 is 1.09 bits per heavy atom. The Kier molecular flexibility index (Phi) is 6.91. The van der Waals surface area contributed by atoms with Crippen LogP contribution in [0.25, 0.3) is 0 Å². The SMILES string of the molecule is CCCCN(CCCC)CCC1CNC(=O)c2ccccc21. The highest BCUT2D eigenvalue weighted by molar-refractivity contribution is 5.97. The molecule has 1 heterocycles. The van der Waals surface area contributed by atoms with Gasteiger partial charge in [0.25, 0.3) is 5.91 Å². The van der Waals surface area contributed by atoms with Gasteiger partial charge in [-0.1, -0.05) is 44.9 Å². The minimum absolute atomic E-state index is 0.0840. The van der Waals surface area contributed by atoms with Gasteiger partial charge < -0.3 is 10.2 Å². The topological polar surface area (TPSA) is 32.3 Å². The lowest BCUT2D eigenvalue weighted by molar-refractivity contribution is 0.0938. The standard InChI is InChI=1S/C19H30N2O/c1-3-5-12-21(13-6-4-2)14-11-16-15-20-19(22)18-10-8-7-9-17(16)18/h7-10,16H,3-6,11-15H2,1-2H3,(H,20,22). The molecule has 1 atom stereocenters. The van der Waals surface area contributed by atoms with Crippen molar-refractivity contribution >= 4 is 5.91 Å². The first-order chi connectivity index (χ1) is 10.8. The number of unbranched alkanes of at least 4 members (excludes halogenated alkanes) is 2. The number of amides is 1. The molecule has 0 aliphatic carbocycles. The van der Waals surface area contributed by atoms with Gasteiger partial charge in [-0.2, -0.15) is 0 Å². The molecule has 0 saturated heterocycles. The lowest BCUT2D eigenvalue weighted by atomic mass is 9.88. The summed E-state index contributed by atoms with van der Waals surface area (Å²) in [4.78, 5) is 14.5. The number of carbonyl (C=O) groups excluding carboxylic acids is 1. The van der Waals surface area contributed by atoms with Gasteiger partial charge in [0, 0.05) is 18.0 Å². The van der Waals surface area contributed by atoms with Crippen LogP contribution in [0.15, 0.2) is 24.3 Å². The third kappa shape index (κ3) is 4.57. The van der Waals surface area contributed by atoms with Crippen LogP contribution in [0.3, 0.4) is 0 Å². The fourth-order valence-corrected chi connectivity index (χ4v) is 3.18. The van der Waals surface area contributed by atoms with Crippen molar-refractivity contribution in [2.75, 3.05) is 26.2 Å². The molecule has 1 aliphatic rings. The van der Waals surface area contributed by atoms with E-state index < -0.39 is 0 Å². The first-order valence-electron chi connectivity index (χ1n) is 8.85. The number of carbonyl (C=O) groups is 1. The van der Waals surface area contributed by atoms with Crippen LogP contribution in [0, 0.1) is 0 Å². The fraction of sp³-hybridized carbons (Fsp3) is 0.632. The lowest BCUT2D eigenvalue weighted by Gasteiger charge is -2.29. The van der Waals surface area contributed by atoms with Crippen molar-refractivity contribution in [3.63, 3.8) is 0 Å². The van der Waals surface area contributed by atoms with Crippen LogP contribution in [-0.4, -0.2) is 37.0 Å². The zero-order chi connectivity index (χ0) is 15.8. The van der Waals surface area contributed by atoms with Gasteiger partial charge in [0.1, 0.15) is 0 Å². The Morgan fingerprint density at radius 2 is 1.77 bits per heavy atom. The molecule has 1 aromatic carbocycles. The molecule has 3 heteroatoms. The van der Waals surface area contributed by atoms with Gasteiger partial charge >= 0.3 is 0 Å². The Balaban J connectivity index is 1.94.